The SMILES string of the molecule is [HH].c1ccc2cc(-c3c4ccccc4c(-c4ccc(-c5cccc6ccccc56)cc4)c4ccccc34)ccc2c1. The van der Waals surface area contributed by atoms with Gasteiger partial charge < -0.3 is 0 Å². The summed E-state index contributed by atoms with van der Waals surface area (Å²) in [5.74, 6) is 0. The Bertz CT molecular complexity index is 2140. The third-order valence-corrected chi connectivity index (χ3v) is 8.24. The molecule has 40 heavy (non-hydrogen) atoms. The Labute approximate surface area is 235 Å². The molecule has 0 spiro atoms. The van der Waals surface area contributed by atoms with Crippen LogP contribution in [0.3, 0.4) is 0 Å². The average molecular weight is 509 g/mol. The highest BCUT2D eigenvalue weighted by Gasteiger charge is 2.17. The first kappa shape index (κ1) is 22.8. The van der Waals surface area contributed by atoms with Crippen LogP contribution in [0.2, 0.25) is 0 Å². The maximum atomic E-state index is 2.34. The van der Waals surface area contributed by atoms with Crippen LogP contribution in [-0.2, 0) is 0 Å². The summed E-state index contributed by atoms with van der Waals surface area (Å²) in [6.45, 7) is 0. The van der Waals surface area contributed by atoms with Crippen LogP contribution >= 0.6 is 0 Å². The Morgan fingerprint density at radius 2 is 0.725 bits per heavy atom. The molecule has 0 aliphatic heterocycles. The van der Waals surface area contributed by atoms with E-state index in [0.29, 0.717) is 0 Å². The van der Waals surface area contributed by atoms with Crippen molar-refractivity contribution in [2.45, 2.75) is 0 Å². The monoisotopic (exact) mass is 508 g/mol. The zero-order valence-corrected chi connectivity index (χ0v) is 22.0. The van der Waals surface area contributed by atoms with E-state index in [2.05, 4.69) is 158 Å². The van der Waals surface area contributed by atoms with Crippen LogP contribution in [0.1, 0.15) is 1.43 Å². The van der Waals surface area contributed by atoms with Crippen LogP contribution in [-0.4, -0.2) is 0 Å². The molecule has 188 valence electrons. The van der Waals surface area contributed by atoms with Gasteiger partial charge in [-0.05, 0) is 82.5 Å². The van der Waals surface area contributed by atoms with Gasteiger partial charge in [-0.25, -0.2) is 0 Å². The van der Waals surface area contributed by atoms with Gasteiger partial charge >= 0.3 is 0 Å². The van der Waals surface area contributed by atoms with Gasteiger partial charge in [-0.1, -0.05) is 152 Å². The van der Waals surface area contributed by atoms with E-state index in [0.717, 1.165) is 0 Å². The second kappa shape index (κ2) is 9.22. The summed E-state index contributed by atoms with van der Waals surface area (Å²) in [4.78, 5) is 0. The zero-order valence-electron chi connectivity index (χ0n) is 22.0. The van der Waals surface area contributed by atoms with Crippen LogP contribution in [0.5, 0.6) is 0 Å². The van der Waals surface area contributed by atoms with Crippen LogP contribution in [0.15, 0.2) is 158 Å². The van der Waals surface area contributed by atoms with E-state index >= 15 is 0 Å². The summed E-state index contributed by atoms with van der Waals surface area (Å²) in [7, 11) is 0. The summed E-state index contributed by atoms with van der Waals surface area (Å²) in [5, 5.41) is 10.2. The van der Waals surface area contributed by atoms with Gasteiger partial charge in [-0.3, -0.25) is 0 Å². The molecule has 0 amide bonds. The van der Waals surface area contributed by atoms with Gasteiger partial charge in [0.15, 0.2) is 0 Å². The normalized spacial score (nSPS) is 11.5. The van der Waals surface area contributed by atoms with Crippen LogP contribution in [0.4, 0.5) is 0 Å². The third kappa shape index (κ3) is 3.61. The van der Waals surface area contributed by atoms with E-state index in [1.165, 1.54) is 76.5 Å². The van der Waals surface area contributed by atoms with Crippen molar-refractivity contribution < 1.29 is 1.43 Å². The van der Waals surface area contributed by atoms with Gasteiger partial charge in [0.1, 0.15) is 0 Å². The second-order valence-electron chi connectivity index (χ2n) is 10.5. The summed E-state index contributed by atoms with van der Waals surface area (Å²) in [6.07, 6.45) is 0. The van der Waals surface area contributed by atoms with Gasteiger partial charge in [0, 0.05) is 1.43 Å². The average Bonchev–Trinajstić information content (AvgIpc) is 3.03. The van der Waals surface area contributed by atoms with E-state index in [4.69, 9.17) is 0 Å². The Balaban J connectivity index is 0.00000276. The highest BCUT2D eigenvalue weighted by atomic mass is 14.2. The Hall–Kier alpha value is -5.20. The van der Waals surface area contributed by atoms with Crippen molar-refractivity contribution in [2.24, 2.45) is 0 Å². The van der Waals surface area contributed by atoms with Gasteiger partial charge in [0.05, 0.1) is 0 Å². The minimum atomic E-state index is 0. The first-order chi connectivity index (χ1) is 19.8. The smallest absolute Gasteiger partial charge is 0 e. The molecule has 8 aromatic carbocycles. The summed E-state index contributed by atoms with van der Waals surface area (Å²) in [5.41, 5.74) is 7.59. The molecule has 0 atom stereocenters. The van der Waals surface area contributed by atoms with Gasteiger partial charge in [0.25, 0.3) is 0 Å². The van der Waals surface area contributed by atoms with E-state index < -0.39 is 0 Å². The first-order valence-electron chi connectivity index (χ1n) is 13.9. The van der Waals surface area contributed by atoms with Crippen molar-refractivity contribution >= 4 is 43.1 Å². The Morgan fingerprint density at radius 3 is 1.38 bits per heavy atom. The van der Waals surface area contributed by atoms with Gasteiger partial charge in [0.2, 0.25) is 0 Å². The van der Waals surface area contributed by atoms with Crippen molar-refractivity contribution in [3.63, 3.8) is 0 Å². The molecule has 8 rings (SSSR count). The lowest BCUT2D eigenvalue weighted by atomic mass is 9.85. The maximum Gasteiger partial charge on any atom is 0 e. The number of benzene rings is 8. The molecule has 0 bridgehead atoms. The van der Waals surface area contributed by atoms with E-state index in [-0.39, 0.29) is 1.43 Å². The van der Waals surface area contributed by atoms with E-state index in [1.54, 1.807) is 0 Å². The van der Waals surface area contributed by atoms with Crippen molar-refractivity contribution in [1.29, 1.82) is 0 Å². The van der Waals surface area contributed by atoms with E-state index in [9.17, 15) is 0 Å². The molecule has 0 fully saturated rings. The Kier molecular flexibility index (Phi) is 5.24. The largest absolute Gasteiger partial charge is 0.0616 e. The molecule has 0 heteroatoms. The molecular weight excluding hydrogens is 480 g/mol. The third-order valence-electron chi connectivity index (χ3n) is 8.24. The van der Waals surface area contributed by atoms with Crippen molar-refractivity contribution in [3.05, 3.63) is 158 Å². The fraction of sp³-hybridized carbons (Fsp3) is 0. The molecule has 0 aromatic heterocycles. The molecule has 0 radical (unpaired) electrons. The Morgan fingerprint density at radius 1 is 0.275 bits per heavy atom. The lowest BCUT2D eigenvalue weighted by molar-refractivity contribution is 1.63. The molecule has 0 aliphatic carbocycles. The van der Waals surface area contributed by atoms with Gasteiger partial charge in [-0.15, -0.1) is 0 Å². The minimum Gasteiger partial charge on any atom is -0.0616 e. The quantitative estimate of drug-likeness (QED) is 0.208. The second-order valence-corrected chi connectivity index (χ2v) is 10.5. The predicted molar refractivity (Wildman–Crippen MR) is 175 cm³/mol. The summed E-state index contributed by atoms with van der Waals surface area (Å²) >= 11 is 0. The van der Waals surface area contributed by atoms with E-state index in [1.807, 2.05) is 0 Å². The predicted octanol–water partition coefficient (Wildman–Crippen LogP) is 11.5. The van der Waals surface area contributed by atoms with Crippen LogP contribution in [0.25, 0.3) is 76.5 Å². The lowest BCUT2D eigenvalue weighted by Gasteiger charge is -2.18. The van der Waals surface area contributed by atoms with Crippen molar-refractivity contribution in [1.82, 2.24) is 0 Å². The molecule has 0 nitrogen and oxygen atoms in total. The van der Waals surface area contributed by atoms with Gasteiger partial charge in [-0.2, -0.15) is 0 Å². The first-order valence-corrected chi connectivity index (χ1v) is 13.9. The minimum absolute atomic E-state index is 0. The van der Waals surface area contributed by atoms with Crippen LogP contribution < -0.4 is 0 Å². The van der Waals surface area contributed by atoms with Crippen LogP contribution in [0, 0.1) is 0 Å². The van der Waals surface area contributed by atoms with Crippen molar-refractivity contribution in [3.8, 4) is 33.4 Å². The summed E-state index contributed by atoms with van der Waals surface area (Å²) in [6, 6.07) is 57.5. The molecule has 0 aliphatic rings. The highest BCUT2D eigenvalue weighted by molar-refractivity contribution is 6.21. The zero-order chi connectivity index (χ0) is 26.5. The molecule has 8 aromatic rings. The molecular formula is C40H28. The number of rotatable bonds is 3. The molecule has 0 N–H and O–H groups in total. The fourth-order valence-corrected chi connectivity index (χ4v) is 6.39. The standard InChI is InChI=1S/C40H26.H2/c1-2-12-31-26-32(25-20-27(31)10-1)40-37-17-7-5-15-35(37)39(36-16-6-8-18-38(36)40)30-23-21-29(22-24-30)34-19-9-13-28-11-3-4-14-33(28)34;/h1-26H;1H. The fourth-order valence-electron chi connectivity index (χ4n) is 6.39. The molecule has 0 unspecified atom stereocenters. The maximum absolute atomic E-state index is 2.34. The molecule has 0 saturated carbocycles. The summed E-state index contributed by atoms with van der Waals surface area (Å²) < 4.78 is 0. The lowest BCUT2D eigenvalue weighted by Crippen LogP contribution is -1.91. The topological polar surface area (TPSA) is 0 Å². The molecule has 0 heterocycles. The highest BCUT2D eigenvalue weighted by Crippen LogP contribution is 2.44. The number of fused-ring (bicyclic) bond motifs is 4. The van der Waals surface area contributed by atoms with Crippen molar-refractivity contribution in [2.75, 3.05) is 0 Å². The number of hydrogen-bond acceptors (Lipinski definition) is 0. The molecule has 0 saturated heterocycles. The number of hydrogen-bond donors (Lipinski definition) is 0.